The highest BCUT2D eigenvalue weighted by Crippen LogP contribution is 2.33. The number of ether oxygens (including phenoxy) is 2. The molecule has 0 radical (unpaired) electrons. The van der Waals surface area contributed by atoms with Gasteiger partial charge >= 0.3 is 11.7 Å². The minimum absolute atomic E-state index is 0.146. The maximum Gasteiger partial charge on any atom is 0.343 e. The van der Waals surface area contributed by atoms with Crippen LogP contribution in [0, 0.1) is 0 Å². The Balaban J connectivity index is 1.84. The molecule has 26 heavy (non-hydrogen) atoms. The van der Waals surface area contributed by atoms with Crippen LogP contribution in [0.25, 0.3) is 16.9 Å². The van der Waals surface area contributed by atoms with Crippen molar-refractivity contribution in [1.82, 2.24) is 19.4 Å². The molecule has 2 aromatic heterocycles. The molecule has 1 aliphatic rings. The summed E-state index contributed by atoms with van der Waals surface area (Å²) in [5.74, 6) is 1.18. The molecule has 0 bridgehead atoms. The smallest absolute Gasteiger partial charge is 0.343 e. The standard InChI is InChI=1S/C18H18N4O4/c1-2-3-8-20-17(23)22-13-5-4-9-19-16(13)21(18(22)24)12-6-7-14-15(10-12)26-11-25-14/h4-7,9-10H,2-3,8,11H2,1H3,(H,20,23). The van der Waals surface area contributed by atoms with Crippen molar-refractivity contribution in [3.63, 3.8) is 0 Å². The van der Waals surface area contributed by atoms with E-state index in [2.05, 4.69) is 10.3 Å². The SMILES string of the molecule is CCCCNC(=O)n1c(=O)n(-c2ccc3c(c2)OCO3)c2ncccc21. The van der Waals surface area contributed by atoms with Crippen LogP contribution in [0.1, 0.15) is 19.8 Å². The lowest BCUT2D eigenvalue weighted by Crippen LogP contribution is -2.37. The van der Waals surface area contributed by atoms with Crippen LogP contribution in [-0.4, -0.2) is 33.5 Å². The predicted octanol–water partition coefficient (Wildman–Crippen LogP) is 2.27. The van der Waals surface area contributed by atoms with Crippen LogP contribution in [-0.2, 0) is 0 Å². The van der Waals surface area contributed by atoms with Gasteiger partial charge in [0.05, 0.1) is 11.2 Å². The summed E-state index contributed by atoms with van der Waals surface area (Å²) in [6.45, 7) is 2.69. The van der Waals surface area contributed by atoms with Crippen molar-refractivity contribution in [2.75, 3.05) is 13.3 Å². The number of nitrogens with one attached hydrogen (secondary N) is 1. The topological polar surface area (TPSA) is 87.4 Å². The summed E-state index contributed by atoms with van der Waals surface area (Å²) in [4.78, 5) is 29.9. The van der Waals surface area contributed by atoms with E-state index in [0.717, 1.165) is 17.4 Å². The highest BCUT2D eigenvalue weighted by molar-refractivity contribution is 5.88. The van der Waals surface area contributed by atoms with Gasteiger partial charge < -0.3 is 14.8 Å². The van der Waals surface area contributed by atoms with Crippen LogP contribution in [0.2, 0.25) is 0 Å². The molecule has 0 saturated carbocycles. The largest absolute Gasteiger partial charge is 0.454 e. The van der Waals surface area contributed by atoms with Crippen molar-refractivity contribution >= 4 is 17.2 Å². The summed E-state index contributed by atoms with van der Waals surface area (Å²) >= 11 is 0. The zero-order chi connectivity index (χ0) is 18.1. The zero-order valence-electron chi connectivity index (χ0n) is 14.3. The number of unbranched alkanes of at least 4 members (excludes halogenated alkanes) is 1. The molecule has 1 aliphatic heterocycles. The first-order valence-corrected chi connectivity index (χ1v) is 8.47. The summed E-state index contributed by atoms with van der Waals surface area (Å²) in [6.07, 6.45) is 3.39. The first-order chi connectivity index (χ1) is 12.7. The fourth-order valence-electron chi connectivity index (χ4n) is 2.93. The van der Waals surface area contributed by atoms with E-state index in [9.17, 15) is 9.59 Å². The number of carbonyl (C=O) groups excluding carboxylic acids is 1. The number of imidazole rings is 1. The van der Waals surface area contributed by atoms with Gasteiger partial charge in [0, 0.05) is 18.8 Å². The molecule has 8 nitrogen and oxygen atoms in total. The molecule has 4 rings (SSSR count). The second-order valence-electron chi connectivity index (χ2n) is 5.92. The number of carbonyl (C=O) groups is 1. The van der Waals surface area contributed by atoms with E-state index < -0.39 is 11.7 Å². The summed E-state index contributed by atoms with van der Waals surface area (Å²) in [7, 11) is 0. The third-order valence-electron chi connectivity index (χ3n) is 4.23. The molecule has 0 saturated heterocycles. The maximum atomic E-state index is 13.0. The minimum atomic E-state index is -0.480. The minimum Gasteiger partial charge on any atom is -0.454 e. The Bertz CT molecular complexity index is 1040. The molecular weight excluding hydrogens is 336 g/mol. The van der Waals surface area contributed by atoms with Crippen molar-refractivity contribution in [3.05, 3.63) is 47.0 Å². The molecule has 0 unspecified atom stereocenters. The molecule has 3 heterocycles. The maximum absolute atomic E-state index is 13.0. The number of pyridine rings is 1. The van der Waals surface area contributed by atoms with Crippen molar-refractivity contribution in [2.45, 2.75) is 19.8 Å². The van der Waals surface area contributed by atoms with Crippen LogP contribution < -0.4 is 20.5 Å². The number of amides is 1. The van der Waals surface area contributed by atoms with E-state index in [0.29, 0.717) is 34.9 Å². The second kappa shape index (κ2) is 6.55. The van der Waals surface area contributed by atoms with Gasteiger partial charge in [-0.05, 0) is 30.7 Å². The van der Waals surface area contributed by atoms with Gasteiger partial charge in [-0.1, -0.05) is 13.3 Å². The number of hydrogen-bond acceptors (Lipinski definition) is 5. The molecule has 1 N–H and O–H groups in total. The van der Waals surface area contributed by atoms with Gasteiger partial charge in [-0.3, -0.25) is 0 Å². The third-order valence-corrected chi connectivity index (χ3v) is 4.23. The molecule has 1 aromatic carbocycles. The van der Waals surface area contributed by atoms with Crippen molar-refractivity contribution in [3.8, 4) is 17.2 Å². The summed E-state index contributed by atoms with van der Waals surface area (Å²) in [6, 6.07) is 8.12. The lowest BCUT2D eigenvalue weighted by atomic mass is 10.2. The number of hydrogen-bond donors (Lipinski definition) is 1. The van der Waals surface area contributed by atoms with Gasteiger partial charge in [0.2, 0.25) is 6.79 Å². The molecule has 0 fully saturated rings. The predicted molar refractivity (Wildman–Crippen MR) is 95.2 cm³/mol. The number of benzene rings is 1. The van der Waals surface area contributed by atoms with Gasteiger partial charge in [0.25, 0.3) is 0 Å². The molecule has 0 atom stereocenters. The molecular formula is C18H18N4O4. The molecule has 0 spiro atoms. The van der Waals surface area contributed by atoms with E-state index in [1.165, 1.54) is 4.57 Å². The zero-order valence-corrected chi connectivity index (χ0v) is 14.3. The third kappa shape index (κ3) is 2.59. The van der Waals surface area contributed by atoms with E-state index >= 15 is 0 Å². The summed E-state index contributed by atoms with van der Waals surface area (Å²) in [5, 5.41) is 2.78. The van der Waals surface area contributed by atoms with Gasteiger partial charge in [-0.15, -0.1) is 0 Å². The van der Waals surface area contributed by atoms with Crippen LogP contribution >= 0.6 is 0 Å². The van der Waals surface area contributed by atoms with E-state index in [4.69, 9.17) is 9.47 Å². The van der Waals surface area contributed by atoms with Crippen molar-refractivity contribution in [1.29, 1.82) is 0 Å². The van der Waals surface area contributed by atoms with Gasteiger partial charge in [0.15, 0.2) is 17.1 Å². The molecule has 1 amide bonds. The quantitative estimate of drug-likeness (QED) is 0.726. The number of rotatable bonds is 4. The van der Waals surface area contributed by atoms with Crippen LogP contribution in [0.15, 0.2) is 41.3 Å². The number of fused-ring (bicyclic) bond motifs is 2. The second-order valence-corrected chi connectivity index (χ2v) is 5.92. The Morgan fingerprint density at radius 2 is 2.12 bits per heavy atom. The number of nitrogens with zero attached hydrogens (tertiary/aromatic N) is 3. The van der Waals surface area contributed by atoms with Gasteiger partial charge in [0.1, 0.15) is 0 Å². The first-order valence-electron chi connectivity index (χ1n) is 8.47. The monoisotopic (exact) mass is 354 g/mol. The van der Waals surface area contributed by atoms with E-state index in [-0.39, 0.29) is 6.79 Å². The van der Waals surface area contributed by atoms with Crippen molar-refractivity contribution < 1.29 is 14.3 Å². The number of aromatic nitrogens is 3. The highest BCUT2D eigenvalue weighted by atomic mass is 16.7. The molecule has 0 aliphatic carbocycles. The van der Waals surface area contributed by atoms with Crippen LogP contribution in [0.5, 0.6) is 11.5 Å². The molecule has 134 valence electrons. The Labute approximate surface area is 149 Å². The Hall–Kier alpha value is -3.29. The Morgan fingerprint density at radius 1 is 1.27 bits per heavy atom. The Morgan fingerprint density at radius 3 is 2.96 bits per heavy atom. The van der Waals surface area contributed by atoms with E-state index in [1.807, 2.05) is 6.92 Å². The molecule has 3 aromatic rings. The highest BCUT2D eigenvalue weighted by Gasteiger charge is 2.22. The lowest BCUT2D eigenvalue weighted by molar-refractivity contribution is 0.174. The summed E-state index contributed by atoms with van der Waals surface area (Å²) < 4.78 is 13.2. The van der Waals surface area contributed by atoms with E-state index in [1.54, 1.807) is 36.5 Å². The fourth-order valence-corrected chi connectivity index (χ4v) is 2.93. The average molecular weight is 354 g/mol. The average Bonchev–Trinajstić information content (AvgIpc) is 3.22. The van der Waals surface area contributed by atoms with Crippen molar-refractivity contribution in [2.24, 2.45) is 0 Å². The van der Waals surface area contributed by atoms with Crippen LogP contribution in [0.4, 0.5) is 4.79 Å². The van der Waals surface area contributed by atoms with Gasteiger partial charge in [-0.25, -0.2) is 23.7 Å². The fraction of sp³-hybridized carbons (Fsp3) is 0.278. The van der Waals surface area contributed by atoms with Crippen LogP contribution in [0.3, 0.4) is 0 Å². The normalized spacial score (nSPS) is 12.5. The molecule has 8 heteroatoms. The van der Waals surface area contributed by atoms with Gasteiger partial charge in [-0.2, -0.15) is 0 Å². The summed E-state index contributed by atoms with van der Waals surface area (Å²) in [5.41, 5.74) is 0.931. The first kappa shape index (κ1) is 16.2. The lowest BCUT2D eigenvalue weighted by Gasteiger charge is -2.05. The Kier molecular flexibility index (Phi) is 4.08.